The van der Waals surface area contributed by atoms with Gasteiger partial charge in [-0.15, -0.1) is 0 Å². The molecule has 0 atom stereocenters. The van der Waals surface area contributed by atoms with E-state index in [2.05, 4.69) is 5.16 Å². The molecule has 1 saturated heterocycles. The Kier molecular flexibility index (Phi) is 5.81. The number of piperazine rings is 1. The van der Waals surface area contributed by atoms with Gasteiger partial charge in [0.1, 0.15) is 16.2 Å². The number of halogens is 2. The molecule has 0 bridgehead atoms. The largest absolute Gasteiger partial charge is 0.361 e. The number of carbonyl (C=O) groups is 1. The molecule has 1 aliphatic heterocycles. The van der Waals surface area contributed by atoms with E-state index in [0.717, 1.165) is 0 Å². The van der Waals surface area contributed by atoms with Crippen LogP contribution in [0, 0.1) is 6.92 Å². The van der Waals surface area contributed by atoms with Gasteiger partial charge in [0, 0.05) is 31.2 Å². The van der Waals surface area contributed by atoms with Crippen molar-refractivity contribution in [3.8, 4) is 0 Å². The molecule has 1 aliphatic rings. The Labute approximate surface area is 167 Å². The third kappa shape index (κ3) is 3.85. The van der Waals surface area contributed by atoms with Gasteiger partial charge >= 0.3 is 0 Å². The van der Waals surface area contributed by atoms with Gasteiger partial charge in [-0.25, -0.2) is 8.42 Å². The van der Waals surface area contributed by atoms with Crippen LogP contribution in [-0.4, -0.2) is 54.9 Å². The molecular weight excluding hydrogens is 413 g/mol. The first-order valence-corrected chi connectivity index (χ1v) is 10.6. The van der Waals surface area contributed by atoms with Crippen LogP contribution in [0.3, 0.4) is 0 Å². The molecule has 0 spiro atoms. The first kappa shape index (κ1) is 20.1. The smallest absolute Gasteiger partial charge is 0.259 e. The minimum Gasteiger partial charge on any atom is -0.361 e. The number of hydrogen-bond donors (Lipinski definition) is 0. The van der Waals surface area contributed by atoms with E-state index in [0.29, 0.717) is 28.5 Å². The average Bonchev–Trinajstić information content (AvgIpc) is 3.03. The number of nitrogens with zero attached hydrogens (tertiary/aromatic N) is 3. The minimum atomic E-state index is -3.79. The summed E-state index contributed by atoms with van der Waals surface area (Å²) in [7, 11) is -3.79. The van der Waals surface area contributed by atoms with Crippen molar-refractivity contribution in [1.29, 1.82) is 0 Å². The zero-order valence-corrected chi connectivity index (χ0v) is 17.2. The first-order valence-electron chi connectivity index (χ1n) is 8.45. The van der Waals surface area contributed by atoms with Gasteiger partial charge in [0.25, 0.3) is 5.91 Å². The number of aromatic nitrogens is 1. The number of aryl methyl sites for hydroxylation is 2. The van der Waals surface area contributed by atoms with Crippen LogP contribution in [0.15, 0.2) is 27.6 Å². The molecule has 1 fully saturated rings. The Bertz CT molecular complexity index is 967. The highest BCUT2D eigenvalue weighted by molar-refractivity contribution is 7.89. The minimum absolute atomic E-state index is 0.0282. The van der Waals surface area contributed by atoms with Crippen molar-refractivity contribution < 1.29 is 17.7 Å². The lowest BCUT2D eigenvalue weighted by atomic mass is 10.1. The van der Waals surface area contributed by atoms with E-state index < -0.39 is 10.0 Å². The third-order valence-corrected chi connectivity index (χ3v) is 7.13. The lowest BCUT2D eigenvalue weighted by Crippen LogP contribution is -2.50. The van der Waals surface area contributed by atoms with Crippen molar-refractivity contribution in [3.05, 3.63) is 45.3 Å². The van der Waals surface area contributed by atoms with E-state index in [4.69, 9.17) is 27.7 Å². The molecule has 0 radical (unpaired) electrons. The van der Waals surface area contributed by atoms with Crippen LogP contribution in [0.4, 0.5) is 0 Å². The number of hydrogen-bond acceptors (Lipinski definition) is 5. The molecule has 0 N–H and O–H groups in total. The zero-order chi connectivity index (χ0) is 19.8. The molecule has 1 aromatic carbocycles. The maximum absolute atomic E-state index is 12.9. The molecule has 0 saturated carbocycles. The topological polar surface area (TPSA) is 83.7 Å². The Morgan fingerprint density at radius 3 is 2.52 bits per heavy atom. The molecule has 0 aliphatic carbocycles. The Balaban J connectivity index is 1.76. The Hall–Kier alpha value is -1.61. The van der Waals surface area contributed by atoms with Crippen molar-refractivity contribution in [2.75, 3.05) is 26.2 Å². The van der Waals surface area contributed by atoms with E-state index in [-0.39, 0.29) is 42.0 Å². The van der Waals surface area contributed by atoms with Crippen molar-refractivity contribution in [3.63, 3.8) is 0 Å². The summed E-state index contributed by atoms with van der Waals surface area (Å²) in [5, 5.41) is 4.32. The molecule has 2 aromatic rings. The lowest BCUT2D eigenvalue weighted by molar-refractivity contribution is 0.0695. The van der Waals surface area contributed by atoms with E-state index in [1.165, 1.54) is 22.5 Å². The highest BCUT2D eigenvalue weighted by Gasteiger charge is 2.33. The second-order valence-electron chi connectivity index (χ2n) is 6.19. The van der Waals surface area contributed by atoms with Crippen molar-refractivity contribution >= 4 is 39.1 Å². The molecule has 10 heteroatoms. The van der Waals surface area contributed by atoms with Crippen LogP contribution >= 0.6 is 23.2 Å². The maximum Gasteiger partial charge on any atom is 0.259 e. The van der Waals surface area contributed by atoms with E-state index in [9.17, 15) is 13.2 Å². The summed E-state index contributed by atoms with van der Waals surface area (Å²) in [6.45, 7) is 4.47. The quantitative estimate of drug-likeness (QED) is 0.742. The Morgan fingerprint density at radius 1 is 1.22 bits per heavy atom. The fourth-order valence-electron chi connectivity index (χ4n) is 3.04. The number of carbonyl (C=O) groups excluding carboxylic acids is 1. The second-order valence-corrected chi connectivity index (χ2v) is 8.94. The van der Waals surface area contributed by atoms with Gasteiger partial charge in [-0.2, -0.15) is 4.31 Å². The number of amides is 1. The fourth-order valence-corrected chi connectivity index (χ4v) is 5.20. The monoisotopic (exact) mass is 431 g/mol. The summed E-state index contributed by atoms with van der Waals surface area (Å²) in [6.07, 6.45) is 0.583. The van der Waals surface area contributed by atoms with E-state index >= 15 is 0 Å². The highest BCUT2D eigenvalue weighted by atomic mass is 35.5. The van der Waals surface area contributed by atoms with Crippen LogP contribution in [0.1, 0.15) is 28.7 Å². The predicted molar refractivity (Wildman–Crippen MR) is 102 cm³/mol. The van der Waals surface area contributed by atoms with Gasteiger partial charge in [-0.3, -0.25) is 4.79 Å². The summed E-state index contributed by atoms with van der Waals surface area (Å²) < 4.78 is 32.2. The van der Waals surface area contributed by atoms with Crippen molar-refractivity contribution in [1.82, 2.24) is 14.4 Å². The Morgan fingerprint density at radius 2 is 1.89 bits per heavy atom. The normalized spacial score (nSPS) is 15.9. The summed E-state index contributed by atoms with van der Waals surface area (Å²) in [5.74, 6) is 0.279. The summed E-state index contributed by atoms with van der Waals surface area (Å²) in [4.78, 5) is 14.4. The molecule has 3 rings (SSSR count). The van der Waals surface area contributed by atoms with Crippen LogP contribution in [-0.2, 0) is 16.4 Å². The molecule has 0 unspecified atom stereocenters. The van der Waals surface area contributed by atoms with Crippen molar-refractivity contribution in [2.45, 2.75) is 25.2 Å². The van der Waals surface area contributed by atoms with Crippen LogP contribution in [0.5, 0.6) is 0 Å². The number of sulfonamides is 1. The predicted octanol–water partition coefficient (Wildman–Crippen LogP) is 3.00. The molecule has 1 amide bonds. The second kappa shape index (κ2) is 7.79. The average molecular weight is 432 g/mol. The van der Waals surface area contributed by atoms with E-state index in [1.807, 2.05) is 6.92 Å². The van der Waals surface area contributed by atoms with Crippen LogP contribution < -0.4 is 0 Å². The SMILES string of the molecule is CCc1noc(C)c1C(=O)N1CCN(S(=O)(=O)c2cc(Cl)ccc2Cl)CC1. The molecule has 7 nitrogen and oxygen atoms in total. The lowest BCUT2D eigenvalue weighted by Gasteiger charge is -2.34. The number of rotatable bonds is 4. The first-order chi connectivity index (χ1) is 12.8. The molecule has 146 valence electrons. The van der Waals surface area contributed by atoms with Crippen LogP contribution in [0.25, 0.3) is 0 Å². The molecule has 1 aromatic heterocycles. The van der Waals surface area contributed by atoms with Gasteiger partial charge in [0.2, 0.25) is 10.0 Å². The fraction of sp³-hybridized carbons (Fsp3) is 0.412. The maximum atomic E-state index is 12.9. The summed E-state index contributed by atoms with van der Waals surface area (Å²) in [5.41, 5.74) is 1.07. The molecule has 27 heavy (non-hydrogen) atoms. The van der Waals surface area contributed by atoms with Crippen molar-refractivity contribution in [2.24, 2.45) is 0 Å². The summed E-state index contributed by atoms with van der Waals surface area (Å²) in [6, 6.07) is 4.33. The van der Waals surface area contributed by atoms with E-state index in [1.54, 1.807) is 11.8 Å². The zero-order valence-electron chi connectivity index (χ0n) is 14.9. The van der Waals surface area contributed by atoms with Gasteiger partial charge in [0.15, 0.2) is 0 Å². The summed E-state index contributed by atoms with van der Waals surface area (Å²) >= 11 is 12.0. The van der Waals surface area contributed by atoms with Gasteiger partial charge in [-0.1, -0.05) is 35.3 Å². The van der Waals surface area contributed by atoms with Gasteiger partial charge < -0.3 is 9.42 Å². The van der Waals surface area contributed by atoms with Gasteiger partial charge in [-0.05, 0) is 31.5 Å². The highest BCUT2D eigenvalue weighted by Crippen LogP contribution is 2.28. The van der Waals surface area contributed by atoms with Gasteiger partial charge in [0.05, 0.1) is 10.7 Å². The van der Waals surface area contributed by atoms with Crippen LogP contribution in [0.2, 0.25) is 10.0 Å². The number of benzene rings is 1. The molecule has 2 heterocycles. The third-order valence-electron chi connectivity index (χ3n) is 4.52. The standard InChI is InChI=1S/C17H19Cl2N3O4S/c1-3-14-16(11(2)26-20-14)17(23)21-6-8-22(9-7-21)27(24,25)15-10-12(18)4-5-13(15)19/h4-5,10H,3,6-9H2,1-2H3. The molecular formula is C17H19Cl2N3O4S.